The van der Waals surface area contributed by atoms with E-state index in [9.17, 15) is 14.6 Å². The van der Waals surface area contributed by atoms with Crippen LogP contribution < -0.4 is 5.32 Å². The Bertz CT molecular complexity index is 322. The van der Waals surface area contributed by atoms with E-state index in [4.69, 9.17) is 9.79 Å². The molecule has 0 aliphatic carbocycles. The van der Waals surface area contributed by atoms with Crippen LogP contribution in [0.4, 0.5) is 0 Å². The van der Waals surface area contributed by atoms with E-state index < -0.39 is 19.8 Å². The normalized spacial score (nSPS) is 11.6. The fourth-order valence-electron chi connectivity index (χ4n) is 1.92. The molecule has 21 heavy (non-hydrogen) atoms. The van der Waals surface area contributed by atoms with E-state index >= 15 is 0 Å². The highest BCUT2D eigenvalue weighted by Gasteiger charge is 2.15. The minimum absolute atomic E-state index is 0.255. The number of hydroxylamine groups is 2. The molecule has 0 aromatic rings. The molecule has 0 atom stereocenters. The highest BCUT2D eigenvalue weighted by Crippen LogP contribution is 2.31. The summed E-state index contributed by atoms with van der Waals surface area (Å²) >= 11 is 0. The minimum atomic E-state index is -4.16. The van der Waals surface area contributed by atoms with Crippen molar-refractivity contribution in [2.45, 2.75) is 58.3 Å². The van der Waals surface area contributed by atoms with Gasteiger partial charge in [-0.25, -0.2) is 5.06 Å². The van der Waals surface area contributed by atoms with Crippen molar-refractivity contribution in [1.29, 1.82) is 0 Å². The first-order valence-electron chi connectivity index (χ1n) is 7.61. The van der Waals surface area contributed by atoms with Crippen molar-refractivity contribution in [3.05, 3.63) is 0 Å². The van der Waals surface area contributed by atoms with Gasteiger partial charge in [0.25, 0.3) is 5.91 Å². The van der Waals surface area contributed by atoms with Crippen molar-refractivity contribution < 1.29 is 24.4 Å². The monoisotopic (exact) mass is 324 g/mol. The molecule has 1 amide bonds. The van der Waals surface area contributed by atoms with E-state index in [-0.39, 0.29) is 13.1 Å². The van der Waals surface area contributed by atoms with Gasteiger partial charge in [-0.15, -0.1) is 0 Å². The molecule has 8 heteroatoms. The van der Waals surface area contributed by atoms with Crippen molar-refractivity contribution in [1.82, 2.24) is 10.4 Å². The van der Waals surface area contributed by atoms with E-state index in [1.54, 1.807) is 0 Å². The average molecular weight is 324 g/mol. The molecule has 7 nitrogen and oxygen atoms in total. The summed E-state index contributed by atoms with van der Waals surface area (Å²) in [6.07, 6.45) is 8.43. The van der Waals surface area contributed by atoms with Crippen molar-refractivity contribution in [2.75, 3.05) is 19.4 Å². The molecule has 4 N–H and O–H groups in total. The Morgan fingerprint density at radius 2 is 1.57 bits per heavy atom. The summed E-state index contributed by atoms with van der Waals surface area (Å²) < 4.78 is 10.6. The number of hydrogen-bond donors (Lipinski definition) is 4. The zero-order valence-electron chi connectivity index (χ0n) is 12.8. The van der Waals surface area contributed by atoms with Gasteiger partial charge in [0.05, 0.1) is 12.8 Å². The molecule has 0 bridgehead atoms. The molecule has 0 saturated carbocycles. The molecule has 0 heterocycles. The topological polar surface area (TPSA) is 110 Å². The van der Waals surface area contributed by atoms with E-state index in [1.165, 1.54) is 32.1 Å². The van der Waals surface area contributed by atoms with Crippen molar-refractivity contribution in [2.24, 2.45) is 0 Å². The van der Waals surface area contributed by atoms with Crippen LogP contribution in [0.2, 0.25) is 0 Å². The van der Waals surface area contributed by atoms with Gasteiger partial charge in [-0.2, -0.15) is 0 Å². The summed E-state index contributed by atoms with van der Waals surface area (Å²) in [7, 11) is -4.16. The van der Waals surface area contributed by atoms with E-state index in [1.807, 2.05) is 0 Å². The Morgan fingerprint density at radius 1 is 1.05 bits per heavy atom. The molecular formula is C13H29N2O5P. The van der Waals surface area contributed by atoms with Crippen molar-refractivity contribution in [3.63, 3.8) is 0 Å². The van der Waals surface area contributed by atoms with Gasteiger partial charge >= 0.3 is 7.60 Å². The quantitative estimate of drug-likeness (QED) is 0.179. The summed E-state index contributed by atoms with van der Waals surface area (Å²) in [6.45, 7) is 2.16. The highest BCUT2D eigenvalue weighted by molar-refractivity contribution is 7.51. The lowest BCUT2D eigenvalue weighted by atomic mass is 10.1. The van der Waals surface area contributed by atoms with Crippen molar-refractivity contribution in [3.8, 4) is 0 Å². The third kappa shape index (κ3) is 14.2. The lowest BCUT2D eigenvalue weighted by molar-refractivity contribution is -0.164. The van der Waals surface area contributed by atoms with Crippen LogP contribution >= 0.6 is 7.60 Å². The molecular weight excluding hydrogens is 295 g/mol. The van der Waals surface area contributed by atoms with Crippen LogP contribution in [0.15, 0.2) is 0 Å². The number of nitrogens with zero attached hydrogens (tertiary/aromatic N) is 1. The number of unbranched alkanes of at least 4 members (excludes halogenated alkanes) is 7. The van der Waals surface area contributed by atoms with E-state index in [0.717, 1.165) is 19.3 Å². The van der Waals surface area contributed by atoms with Crippen LogP contribution in [0.25, 0.3) is 0 Å². The molecule has 0 aromatic carbocycles. The molecule has 0 radical (unpaired) electrons. The fourth-order valence-corrected chi connectivity index (χ4v) is 2.32. The first kappa shape index (κ1) is 20.5. The number of rotatable bonds is 13. The van der Waals surface area contributed by atoms with Crippen LogP contribution in [0.3, 0.4) is 0 Å². The lowest BCUT2D eigenvalue weighted by Gasteiger charge is -2.15. The van der Waals surface area contributed by atoms with Gasteiger partial charge in [0, 0.05) is 6.54 Å². The zero-order chi connectivity index (χ0) is 16.1. The molecule has 0 rings (SSSR count). The Morgan fingerprint density at radius 3 is 2.10 bits per heavy atom. The standard InChI is InChI=1S/C13H29N2O5P/c1-2-3-4-5-6-7-8-9-10-15(17)13(16)11-14-12-21(18,19)20/h14,17H,2-12H2,1H3,(H2,18,19,20). The number of hydrogen-bond acceptors (Lipinski definition) is 4. The third-order valence-corrected chi connectivity index (χ3v) is 3.74. The van der Waals surface area contributed by atoms with Gasteiger partial charge in [-0.1, -0.05) is 51.9 Å². The molecule has 126 valence electrons. The molecule has 0 saturated heterocycles. The molecule has 0 fully saturated rings. The first-order valence-corrected chi connectivity index (χ1v) is 9.41. The number of amides is 1. The molecule has 0 aliphatic rings. The smallest absolute Gasteiger partial charge is 0.324 e. The van der Waals surface area contributed by atoms with Gasteiger partial charge < -0.3 is 9.79 Å². The Kier molecular flexibility index (Phi) is 11.9. The lowest BCUT2D eigenvalue weighted by Crippen LogP contribution is -2.36. The SMILES string of the molecule is CCCCCCCCCCN(O)C(=O)CNCP(=O)(O)O. The van der Waals surface area contributed by atoms with E-state index in [2.05, 4.69) is 12.2 Å². The second-order valence-electron chi connectivity index (χ2n) is 5.24. The van der Waals surface area contributed by atoms with Crippen LogP contribution in [-0.2, 0) is 9.36 Å². The maximum absolute atomic E-state index is 11.4. The first-order chi connectivity index (χ1) is 9.87. The van der Waals surface area contributed by atoms with E-state index in [0.29, 0.717) is 5.06 Å². The summed E-state index contributed by atoms with van der Waals surface area (Å²) in [5.74, 6) is -0.577. The summed E-state index contributed by atoms with van der Waals surface area (Å²) in [4.78, 5) is 28.6. The summed E-state index contributed by atoms with van der Waals surface area (Å²) in [6, 6.07) is 0. The average Bonchev–Trinajstić information content (AvgIpc) is 2.40. The number of carbonyl (C=O) groups is 1. The largest absolute Gasteiger partial charge is 0.339 e. The van der Waals surface area contributed by atoms with Crippen molar-refractivity contribution >= 4 is 13.5 Å². The van der Waals surface area contributed by atoms with Crippen LogP contribution in [0.5, 0.6) is 0 Å². The van der Waals surface area contributed by atoms with Gasteiger partial charge in [0.2, 0.25) is 0 Å². The molecule has 0 spiro atoms. The Hall–Kier alpha value is -0.460. The number of carbonyl (C=O) groups excluding carboxylic acids is 1. The number of nitrogens with one attached hydrogen (secondary N) is 1. The molecule has 0 aromatic heterocycles. The second kappa shape index (κ2) is 12.1. The maximum Gasteiger partial charge on any atom is 0.339 e. The van der Waals surface area contributed by atoms with Gasteiger partial charge in [0.15, 0.2) is 0 Å². The summed E-state index contributed by atoms with van der Waals surface area (Å²) in [5.41, 5.74) is 0. The Labute approximate surface area is 126 Å². The predicted molar refractivity (Wildman–Crippen MR) is 81.0 cm³/mol. The van der Waals surface area contributed by atoms with Crippen LogP contribution in [0.1, 0.15) is 58.3 Å². The highest BCUT2D eigenvalue weighted by atomic mass is 31.2. The minimum Gasteiger partial charge on any atom is -0.324 e. The van der Waals surface area contributed by atoms with Gasteiger partial charge in [0.1, 0.15) is 0 Å². The van der Waals surface area contributed by atoms with Crippen LogP contribution in [0, 0.1) is 0 Å². The molecule has 0 unspecified atom stereocenters. The Balaban J connectivity index is 3.49. The maximum atomic E-state index is 11.4. The zero-order valence-corrected chi connectivity index (χ0v) is 13.7. The van der Waals surface area contributed by atoms with Gasteiger partial charge in [-0.05, 0) is 6.42 Å². The van der Waals surface area contributed by atoms with Crippen LogP contribution in [-0.4, -0.2) is 45.3 Å². The predicted octanol–water partition coefficient (Wildman–Crippen LogP) is 2.07. The fraction of sp³-hybridized carbons (Fsp3) is 0.923. The van der Waals surface area contributed by atoms with Gasteiger partial charge in [-0.3, -0.25) is 19.9 Å². The second-order valence-corrected chi connectivity index (χ2v) is 6.89. The third-order valence-electron chi connectivity index (χ3n) is 3.11. The summed E-state index contributed by atoms with van der Waals surface area (Å²) in [5, 5.41) is 12.4. The molecule has 0 aliphatic heterocycles.